The van der Waals surface area contributed by atoms with Crippen LogP contribution in [-0.4, -0.2) is 50.2 Å². The molecular weight excluding hydrogens is 174 g/mol. The van der Waals surface area contributed by atoms with Crippen LogP contribution in [0, 0.1) is 5.92 Å². The highest BCUT2D eigenvalue weighted by Gasteiger charge is 2.22. The second-order valence-corrected chi connectivity index (χ2v) is 4.76. The Balaban J connectivity index is 1.76. The Morgan fingerprint density at radius 2 is 2.07 bits per heavy atom. The molecule has 2 N–H and O–H groups in total. The number of hydrogen-bond acceptors (Lipinski definition) is 3. The largest absolute Gasteiger partial charge is 0.316 e. The first-order valence-corrected chi connectivity index (χ1v) is 6.02. The second-order valence-electron chi connectivity index (χ2n) is 4.76. The number of piperidine rings is 1. The molecule has 0 aromatic heterocycles. The van der Waals surface area contributed by atoms with E-state index in [0.717, 1.165) is 12.0 Å². The van der Waals surface area contributed by atoms with Crippen molar-refractivity contribution in [2.45, 2.75) is 25.8 Å². The Kier molecular flexibility index (Phi) is 3.79. The van der Waals surface area contributed by atoms with Crippen LogP contribution in [0.4, 0.5) is 0 Å². The first kappa shape index (κ1) is 10.4. The van der Waals surface area contributed by atoms with E-state index < -0.39 is 0 Å². The molecule has 2 aliphatic heterocycles. The summed E-state index contributed by atoms with van der Waals surface area (Å²) >= 11 is 0. The summed E-state index contributed by atoms with van der Waals surface area (Å²) in [5, 5.41) is 6.94. The van der Waals surface area contributed by atoms with Crippen molar-refractivity contribution in [1.29, 1.82) is 0 Å². The lowest BCUT2D eigenvalue weighted by molar-refractivity contribution is 0.137. The summed E-state index contributed by atoms with van der Waals surface area (Å²) in [6.45, 7) is 9.67. The van der Waals surface area contributed by atoms with Gasteiger partial charge in [0.05, 0.1) is 0 Å². The van der Waals surface area contributed by atoms with Crippen molar-refractivity contribution < 1.29 is 0 Å². The van der Waals surface area contributed by atoms with E-state index in [-0.39, 0.29) is 0 Å². The molecule has 82 valence electrons. The maximum Gasteiger partial charge on any atom is 0.0193 e. The van der Waals surface area contributed by atoms with Gasteiger partial charge < -0.3 is 10.6 Å². The summed E-state index contributed by atoms with van der Waals surface area (Å²) < 4.78 is 0. The number of nitrogens with one attached hydrogen (secondary N) is 2. The zero-order valence-corrected chi connectivity index (χ0v) is 9.26. The Morgan fingerprint density at radius 1 is 1.21 bits per heavy atom. The van der Waals surface area contributed by atoms with Gasteiger partial charge in [0.25, 0.3) is 0 Å². The van der Waals surface area contributed by atoms with Crippen LogP contribution in [0.3, 0.4) is 0 Å². The van der Waals surface area contributed by atoms with Gasteiger partial charge in [0, 0.05) is 32.2 Å². The summed E-state index contributed by atoms with van der Waals surface area (Å²) in [6, 6.07) is 0.727. The van der Waals surface area contributed by atoms with Gasteiger partial charge in [-0.1, -0.05) is 0 Å². The first-order chi connectivity index (χ1) is 6.86. The molecule has 2 atom stereocenters. The van der Waals surface area contributed by atoms with Crippen molar-refractivity contribution in [1.82, 2.24) is 15.5 Å². The molecule has 2 heterocycles. The van der Waals surface area contributed by atoms with E-state index in [2.05, 4.69) is 22.5 Å². The van der Waals surface area contributed by atoms with Gasteiger partial charge in [-0.15, -0.1) is 0 Å². The minimum absolute atomic E-state index is 0.727. The van der Waals surface area contributed by atoms with Crippen molar-refractivity contribution in [2.24, 2.45) is 5.92 Å². The number of rotatable bonds is 2. The predicted molar refractivity (Wildman–Crippen MR) is 59.5 cm³/mol. The average molecular weight is 197 g/mol. The van der Waals surface area contributed by atoms with Crippen LogP contribution in [0.15, 0.2) is 0 Å². The van der Waals surface area contributed by atoms with Crippen molar-refractivity contribution in [2.75, 3.05) is 39.3 Å². The minimum atomic E-state index is 0.727. The van der Waals surface area contributed by atoms with Crippen LogP contribution in [0.1, 0.15) is 19.8 Å². The van der Waals surface area contributed by atoms with Gasteiger partial charge in [-0.05, 0) is 38.8 Å². The van der Waals surface area contributed by atoms with E-state index in [1.54, 1.807) is 0 Å². The van der Waals surface area contributed by atoms with E-state index in [4.69, 9.17) is 0 Å². The molecule has 0 spiro atoms. The SMILES string of the molecule is C[C@H]1CNCCN1CC1CCCNC1. The highest BCUT2D eigenvalue weighted by Crippen LogP contribution is 2.14. The lowest BCUT2D eigenvalue weighted by atomic mass is 9.98. The molecule has 1 unspecified atom stereocenters. The quantitative estimate of drug-likeness (QED) is 0.666. The van der Waals surface area contributed by atoms with Gasteiger partial charge >= 0.3 is 0 Å². The number of hydrogen-bond donors (Lipinski definition) is 2. The average Bonchev–Trinajstić information content (AvgIpc) is 2.23. The molecule has 14 heavy (non-hydrogen) atoms. The summed E-state index contributed by atoms with van der Waals surface area (Å²) in [5.41, 5.74) is 0. The second kappa shape index (κ2) is 5.10. The van der Waals surface area contributed by atoms with Gasteiger partial charge in [0.2, 0.25) is 0 Å². The van der Waals surface area contributed by atoms with Crippen LogP contribution in [0.25, 0.3) is 0 Å². The summed E-state index contributed by atoms with van der Waals surface area (Å²) in [5.74, 6) is 0.893. The summed E-state index contributed by atoms with van der Waals surface area (Å²) in [7, 11) is 0. The Morgan fingerprint density at radius 3 is 2.79 bits per heavy atom. The summed E-state index contributed by atoms with van der Waals surface area (Å²) in [6.07, 6.45) is 2.79. The van der Waals surface area contributed by atoms with Gasteiger partial charge in [0.15, 0.2) is 0 Å². The zero-order valence-electron chi connectivity index (χ0n) is 9.26. The van der Waals surface area contributed by atoms with Gasteiger partial charge in [0.1, 0.15) is 0 Å². The third-order valence-electron chi connectivity index (χ3n) is 3.53. The molecule has 0 aliphatic carbocycles. The van der Waals surface area contributed by atoms with E-state index in [9.17, 15) is 0 Å². The lowest BCUT2D eigenvalue weighted by Crippen LogP contribution is -2.52. The lowest BCUT2D eigenvalue weighted by Gasteiger charge is -2.37. The van der Waals surface area contributed by atoms with E-state index in [1.807, 2.05) is 0 Å². The third kappa shape index (κ3) is 2.69. The molecule has 0 amide bonds. The molecule has 2 rings (SSSR count). The normalized spacial score (nSPS) is 35.8. The number of nitrogens with zero attached hydrogens (tertiary/aromatic N) is 1. The van der Waals surface area contributed by atoms with E-state index >= 15 is 0 Å². The number of piperazine rings is 1. The van der Waals surface area contributed by atoms with Gasteiger partial charge in [-0.25, -0.2) is 0 Å². The highest BCUT2D eigenvalue weighted by molar-refractivity contribution is 4.80. The minimum Gasteiger partial charge on any atom is -0.316 e. The predicted octanol–water partition coefficient (Wildman–Crippen LogP) is 0.280. The van der Waals surface area contributed by atoms with Crippen molar-refractivity contribution >= 4 is 0 Å². The van der Waals surface area contributed by atoms with Crippen molar-refractivity contribution in [3.8, 4) is 0 Å². The molecule has 0 bridgehead atoms. The van der Waals surface area contributed by atoms with Crippen molar-refractivity contribution in [3.63, 3.8) is 0 Å². The van der Waals surface area contributed by atoms with Crippen LogP contribution < -0.4 is 10.6 Å². The molecule has 0 saturated carbocycles. The van der Waals surface area contributed by atoms with Crippen LogP contribution in [-0.2, 0) is 0 Å². The topological polar surface area (TPSA) is 27.3 Å². The van der Waals surface area contributed by atoms with Crippen LogP contribution in [0.2, 0.25) is 0 Å². The first-order valence-electron chi connectivity index (χ1n) is 6.02. The van der Waals surface area contributed by atoms with Gasteiger partial charge in [-0.2, -0.15) is 0 Å². The molecule has 3 nitrogen and oxygen atoms in total. The molecule has 2 aliphatic rings. The molecule has 2 fully saturated rings. The molecular formula is C11H23N3. The highest BCUT2D eigenvalue weighted by atomic mass is 15.2. The maximum atomic E-state index is 3.50. The molecule has 2 saturated heterocycles. The molecule has 0 aromatic rings. The van der Waals surface area contributed by atoms with E-state index in [0.29, 0.717) is 0 Å². The molecule has 3 heteroatoms. The fourth-order valence-corrected chi connectivity index (χ4v) is 2.57. The van der Waals surface area contributed by atoms with Gasteiger partial charge in [-0.3, -0.25) is 4.90 Å². The zero-order chi connectivity index (χ0) is 9.80. The smallest absolute Gasteiger partial charge is 0.0193 e. The van der Waals surface area contributed by atoms with E-state index in [1.165, 1.54) is 52.1 Å². The monoisotopic (exact) mass is 197 g/mol. The Labute approximate surface area is 87.2 Å². The standard InChI is InChI=1S/C11H23N3/c1-10-7-13-5-6-14(10)9-11-3-2-4-12-8-11/h10-13H,2-9H2,1H3/t10-,11?/m0/s1. The molecule has 0 aromatic carbocycles. The fraction of sp³-hybridized carbons (Fsp3) is 1.00. The third-order valence-corrected chi connectivity index (χ3v) is 3.53. The van der Waals surface area contributed by atoms with Crippen molar-refractivity contribution in [3.05, 3.63) is 0 Å². The Hall–Kier alpha value is -0.120. The fourth-order valence-electron chi connectivity index (χ4n) is 2.57. The van der Waals surface area contributed by atoms with Crippen LogP contribution >= 0.6 is 0 Å². The Bertz CT molecular complexity index is 166. The maximum absolute atomic E-state index is 3.50. The van der Waals surface area contributed by atoms with Crippen LogP contribution in [0.5, 0.6) is 0 Å². The summed E-state index contributed by atoms with van der Waals surface area (Å²) in [4.78, 5) is 2.65. The molecule has 0 radical (unpaired) electrons.